The van der Waals surface area contributed by atoms with Gasteiger partial charge in [0.1, 0.15) is 5.75 Å². The van der Waals surface area contributed by atoms with E-state index >= 15 is 0 Å². The van der Waals surface area contributed by atoms with Crippen molar-refractivity contribution in [1.82, 2.24) is 0 Å². The summed E-state index contributed by atoms with van der Waals surface area (Å²) in [6.45, 7) is 8.36. The van der Waals surface area contributed by atoms with Crippen molar-refractivity contribution < 1.29 is 9.53 Å². The first-order chi connectivity index (χ1) is 8.56. The minimum Gasteiger partial charge on any atom is -0.426 e. The lowest BCUT2D eigenvalue weighted by Crippen LogP contribution is -2.23. The molecule has 1 fully saturated rings. The number of carbonyl (C=O) groups excluding carboxylic acids is 1. The van der Waals surface area contributed by atoms with Gasteiger partial charge in [0.05, 0.1) is 8.65 Å². The number of hydrogen-bond acceptors (Lipinski definition) is 2. The molecule has 2 rings (SSSR count). The summed E-state index contributed by atoms with van der Waals surface area (Å²) in [6, 6.07) is 7.73. The van der Waals surface area contributed by atoms with E-state index in [1.54, 1.807) is 0 Å². The molecule has 19 heavy (non-hydrogen) atoms. The second kappa shape index (κ2) is 4.59. The van der Waals surface area contributed by atoms with Crippen LogP contribution in [0.15, 0.2) is 24.3 Å². The number of carbonyl (C=O) groups is 1. The van der Waals surface area contributed by atoms with Gasteiger partial charge in [0, 0.05) is 0 Å². The quantitative estimate of drug-likeness (QED) is 0.413. The first-order valence-electron chi connectivity index (χ1n) is 6.27. The lowest BCUT2D eigenvalue weighted by molar-refractivity contribution is -0.139. The third-order valence-corrected chi connectivity index (χ3v) is 5.95. The summed E-state index contributed by atoms with van der Waals surface area (Å²) in [5, 5.41) is 0. The number of halogens is 2. The topological polar surface area (TPSA) is 26.3 Å². The molecule has 0 spiro atoms. The molecule has 0 N–H and O–H groups in total. The normalized spacial score (nSPS) is 24.9. The Hall–Kier alpha value is -0.350. The van der Waals surface area contributed by atoms with Gasteiger partial charge in [0.2, 0.25) is 0 Å². The summed E-state index contributed by atoms with van der Waals surface area (Å²) in [6.07, 6.45) is 0.735. The molecule has 4 heteroatoms. The van der Waals surface area contributed by atoms with Crippen molar-refractivity contribution in [1.29, 1.82) is 0 Å². The molecule has 0 heterocycles. The first kappa shape index (κ1) is 15.0. The fourth-order valence-corrected chi connectivity index (χ4v) is 3.31. The molecule has 1 aromatic carbocycles. The maximum absolute atomic E-state index is 12.1. The molecule has 2 nitrogen and oxygen atoms in total. The Balaban J connectivity index is 2.07. The molecular weight excluding hydrogens is 372 g/mol. The van der Waals surface area contributed by atoms with E-state index in [4.69, 9.17) is 4.74 Å². The molecule has 0 aliphatic heterocycles. The highest BCUT2D eigenvalue weighted by atomic mass is 79.9. The zero-order chi connectivity index (χ0) is 14.5. The van der Waals surface area contributed by atoms with Crippen LogP contribution in [0.1, 0.15) is 39.7 Å². The number of esters is 1. The second-order valence-electron chi connectivity index (χ2n) is 6.38. The minimum atomic E-state index is -0.490. The summed E-state index contributed by atoms with van der Waals surface area (Å²) in [5.41, 5.74) is 0.835. The van der Waals surface area contributed by atoms with Crippen LogP contribution in [-0.4, -0.2) is 9.20 Å². The SMILES string of the molecule is CC(C)(C)c1ccc(OC(=O)[C@@]2(C)CC2(Br)Br)cc1. The number of rotatable bonds is 2. The molecule has 0 aromatic heterocycles. The first-order valence-corrected chi connectivity index (χ1v) is 7.85. The van der Waals surface area contributed by atoms with Crippen LogP contribution in [0.4, 0.5) is 0 Å². The molecule has 0 saturated heterocycles. The highest BCUT2D eigenvalue weighted by Gasteiger charge is 2.68. The standard InChI is InChI=1S/C15H18Br2O2/c1-13(2,3)10-5-7-11(8-6-10)19-12(18)14(4)9-15(14,16)17/h5-8H,9H2,1-4H3/t14-/m1/s1. The van der Waals surface area contributed by atoms with Crippen LogP contribution in [-0.2, 0) is 10.2 Å². The summed E-state index contributed by atoms with van der Waals surface area (Å²) >= 11 is 6.95. The summed E-state index contributed by atoms with van der Waals surface area (Å²) < 4.78 is 5.14. The fraction of sp³-hybridized carbons (Fsp3) is 0.533. The van der Waals surface area contributed by atoms with Gasteiger partial charge >= 0.3 is 5.97 Å². The minimum absolute atomic E-state index is 0.103. The van der Waals surface area contributed by atoms with E-state index in [0.717, 1.165) is 6.42 Å². The van der Waals surface area contributed by atoms with Crippen LogP contribution in [0.5, 0.6) is 5.75 Å². The Bertz CT molecular complexity index is 500. The molecule has 104 valence electrons. The maximum Gasteiger partial charge on any atom is 0.319 e. The molecule has 0 amide bonds. The van der Waals surface area contributed by atoms with Crippen molar-refractivity contribution in [3.05, 3.63) is 29.8 Å². The molecule has 0 unspecified atom stereocenters. The summed E-state index contributed by atoms with van der Waals surface area (Å²) in [5.74, 6) is 0.395. The third-order valence-electron chi connectivity index (χ3n) is 3.64. The van der Waals surface area contributed by atoms with Crippen LogP contribution < -0.4 is 4.74 Å². The summed E-state index contributed by atoms with van der Waals surface area (Å²) in [4.78, 5) is 12.1. The van der Waals surface area contributed by atoms with Gasteiger partial charge in [-0.25, -0.2) is 0 Å². The van der Waals surface area contributed by atoms with Crippen molar-refractivity contribution in [2.45, 2.75) is 42.8 Å². The predicted octanol–water partition coefficient (Wildman–Crippen LogP) is 4.79. The Morgan fingerprint density at radius 2 is 1.68 bits per heavy atom. The van der Waals surface area contributed by atoms with Gasteiger partial charge in [-0.3, -0.25) is 4.79 Å². The van der Waals surface area contributed by atoms with Crippen LogP contribution in [0.25, 0.3) is 0 Å². The molecule has 0 bridgehead atoms. The van der Waals surface area contributed by atoms with Gasteiger partial charge in [0.25, 0.3) is 0 Å². The molecule has 1 saturated carbocycles. The second-order valence-corrected chi connectivity index (χ2v) is 10.1. The van der Waals surface area contributed by atoms with Crippen LogP contribution in [0, 0.1) is 5.41 Å². The van der Waals surface area contributed by atoms with E-state index in [-0.39, 0.29) is 14.6 Å². The average Bonchev–Trinajstić information content (AvgIpc) is 2.79. The molecule has 1 aliphatic rings. The van der Waals surface area contributed by atoms with E-state index in [9.17, 15) is 4.79 Å². The van der Waals surface area contributed by atoms with E-state index in [2.05, 4.69) is 52.6 Å². The van der Waals surface area contributed by atoms with Crippen molar-refractivity contribution in [3.8, 4) is 5.75 Å². The van der Waals surface area contributed by atoms with Gasteiger partial charge in [-0.15, -0.1) is 0 Å². The maximum atomic E-state index is 12.1. The number of alkyl halides is 2. The van der Waals surface area contributed by atoms with Gasteiger partial charge in [-0.05, 0) is 36.5 Å². The molecule has 1 aromatic rings. The number of benzene rings is 1. The van der Waals surface area contributed by atoms with E-state index in [1.165, 1.54) is 5.56 Å². The van der Waals surface area contributed by atoms with Gasteiger partial charge in [-0.1, -0.05) is 64.8 Å². The van der Waals surface area contributed by atoms with Gasteiger partial charge in [0.15, 0.2) is 0 Å². The predicted molar refractivity (Wildman–Crippen MR) is 84.1 cm³/mol. The van der Waals surface area contributed by atoms with Crippen molar-refractivity contribution in [2.75, 3.05) is 0 Å². The van der Waals surface area contributed by atoms with Crippen molar-refractivity contribution >= 4 is 37.8 Å². The Labute approximate surface area is 131 Å². The van der Waals surface area contributed by atoms with Gasteiger partial charge in [-0.2, -0.15) is 0 Å². The van der Waals surface area contributed by atoms with Crippen molar-refractivity contribution in [3.63, 3.8) is 0 Å². The highest BCUT2D eigenvalue weighted by Crippen LogP contribution is 2.66. The van der Waals surface area contributed by atoms with Crippen LogP contribution in [0.2, 0.25) is 0 Å². The fourth-order valence-electron chi connectivity index (χ4n) is 1.86. The van der Waals surface area contributed by atoms with E-state index < -0.39 is 5.41 Å². The van der Waals surface area contributed by atoms with Gasteiger partial charge < -0.3 is 4.74 Å². The summed E-state index contributed by atoms with van der Waals surface area (Å²) in [7, 11) is 0. The smallest absolute Gasteiger partial charge is 0.319 e. The monoisotopic (exact) mass is 388 g/mol. The number of hydrogen-bond donors (Lipinski definition) is 0. The number of ether oxygens (including phenoxy) is 1. The molecule has 1 aliphatic carbocycles. The Morgan fingerprint density at radius 1 is 1.21 bits per heavy atom. The largest absolute Gasteiger partial charge is 0.426 e. The van der Waals surface area contributed by atoms with Crippen LogP contribution in [0.3, 0.4) is 0 Å². The molecule has 1 atom stereocenters. The van der Waals surface area contributed by atoms with Crippen LogP contribution >= 0.6 is 31.9 Å². The zero-order valence-corrected chi connectivity index (χ0v) is 14.8. The Morgan fingerprint density at radius 3 is 2.05 bits per heavy atom. The zero-order valence-electron chi connectivity index (χ0n) is 11.6. The van der Waals surface area contributed by atoms with E-state index in [0.29, 0.717) is 5.75 Å². The lowest BCUT2D eigenvalue weighted by atomic mass is 9.87. The Kier molecular flexibility index (Phi) is 3.63. The third kappa shape index (κ3) is 2.89. The average molecular weight is 390 g/mol. The lowest BCUT2D eigenvalue weighted by Gasteiger charge is -2.19. The van der Waals surface area contributed by atoms with Crippen molar-refractivity contribution in [2.24, 2.45) is 5.41 Å². The molecular formula is C15H18Br2O2. The molecule has 0 radical (unpaired) electrons. The van der Waals surface area contributed by atoms with E-state index in [1.807, 2.05) is 31.2 Å². The highest BCUT2D eigenvalue weighted by molar-refractivity contribution is 9.25.